The normalized spacial score (nSPS) is 17.3. The summed E-state index contributed by atoms with van der Waals surface area (Å²) in [6.45, 7) is 11.8. The van der Waals surface area contributed by atoms with Gasteiger partial charge in [-0.3, -0.25) is 0 Å². The maximum atomic E-state index is 6.93. The fraction of sp³-hybridized carbons (Fsp3) is 0.114. The Balaban J connectivity index is 0.783. The highest BCUT2D eigenvalue weighted by atomic mass is 16.3. The molecule has 0 saturated carbocycles. The largest absolute Gasteiger partial charge is 0.459 e. The Labute approximate surface area is 471 Å². The van der Waals surface area contributed by atoms with Crippen LogP contribution in [0.15, 0.2) is 245 Å². The Kier molecular flexibility index (Phi) is 9.48. The molecular weight excluding hydrogens is 981 g/mol. The molecule has 0 aliphatic heterocycles. The van der Waals surface area contributed by atoms with Crippen LogP contribution >= 0.6 is 0 Å². The Morgan fingerprint density at radius 3 is 1.58 bits per heavy atom. The van der Waals surface area contributed by atoms with Crippen LogP contribution in [0.25, 0.3) is 138 Å². The summed E-state index contributed by atoms with van der Waals surface area (Å²) >= 11 is 0. The zero-order valence-corrected chi connectivity index (χ0v) is 46.0. The molecule has 384 valence electrons. The van der Waals surface area contributed by atoms with Gasteiger partial charge in [0.1, 0.15) is 22.5 Å². The monoisotopic (exact) mass is 1040 g/mol. The Hall–Kier alpha value is -9.50. The SMILES string of the molecule is CC1(C)c2ccccc2-c2c1ccc1c2oc2ccc(-c3ccc(-c4c5ccccc5c(-c5ccc(-c6ccc7oc8c(c7c6)C=CC6C(C)(C)c7ccccc7C86C)cc5)c5cc(-c6cccc7ccccc67)ccc45)cc3)cc21. The second-order valence-electron chi connectivity index (χ2n) is 24.4. The molecule has 2 aromatic heterocycles. The van der Waals surface area contributed by atoms with Gasteiger partial charge in [0, 0.05) is 38.6 Å². The van der Waals surface area contributed by atoms with Crippen molar-refractivity contribution in [3.63, 3.8) is 0 Å². The van der Waals surface area contributed by atoms with Gasteiger partial charge in [-0.1, -0.05) is 240 Å². The lowest BCUT2D eigenvalue weighted by Crippen LogP contribution is -2.37. The van der Waals surface area contributed by atoms with Crippen LogP contribution in [0.3, 0.4) is 0 Å². The molecule has 3 aliphatic rings. The van der Waals surface area contributed by atoms with Crippen molar-refractivity contribution >= 4 is 71.3 Å². The number of fused-ring (bicyclic) bond motifs is 17. The first kappa shape index (κ1) is 46.4. The fourth-order valence-corrected chi connectivity index (χ4v) is 15.6. The molecule has 3 aliphatic carbocycles. The third-order valence-electron chi connectivity index (χ3n) is 19.6. The van der Waals surface area contributed by atoms with Crippen molar-refractivity contribution in [1.29, 1.82) is 0 Å². The molecule has 2 heterocycles. The average molecular weight is 1040 g/mol. The summed E-state index contributed by atoms with van der Waals surface area (Å²) in [6.07, 6.45) is 4.79. The predicted molar refractivity (Wildman–Crippen MR) is 339 cm³/mol. The van der Waals surface area contributed by atoms with Crippen LogP contribution in [0, 0.1) is 5.92 Å². The first-order valence-corrected chi connectivity index (χ1v) is 28.7. The van der Waals surface area contributed by atoms with Gasteiger partial charge in [-0.25, -0.2) is 0 Å². The van der Waals surface area contributed by atoms with Crippen molar-refractivity contribution < 1.29 is 8.83 Å². The van der Waals surface area contributed by atoms with Crippen molar-refractivity contribution in [1.82, 2.24) is 0 Å². The van der Waals surface area contributed by atoms with Crippen LogP contribution in [0.5, 0.6) is 0 Å². The van der Waals surface area contributed by atoms with Crippen molar-refractivity contribution in [2.24, 2.45) is 5.92 Å². The summed E-state index contributed by atoms with van der Waals surface area (Å²) in [5.41, 5.74) is 23.6. The van der Waals surface area contributed by atoms with Gasteiger partial charge in [-0.2, -0.15) is 0 Å². The molecule has 0 bridgehead atoms. The van der Waals surface area contributed by atoms with E-state index in [1.807, 2.05) is 0 Å². The van der Waals surface area contributed by atoms with Crippen molar-refractivity contribution in [2.45, 2.75) is 50.9 Å². The fourth-order valence-electron chi connectivity index (χ4n) is 15.6. The number of rotatable bonds is 5. The molecule has 2 nitrogen and oxygen atoms in total. The molecule has 0 saturated heterocycles. The van der Waals surface area contributed by atoms with E-state index in [1.165, 1.54) is 127 Å². The Bertz CT molecular complexity index is 5050. The second kappa shape index (κ2) is 16.5. The van der Waals surface area contributed by atoms with E-state index in [0.717, 1.165) is 38.7 Å². The van der Waals surface area contributed by atoms with E-state index in [4.69, 9.17) is 8.83 Å². The molecule has 2 atom stereocenters. The molecule has 0 amide bonds. The van der Waals surface area contributed by atoms with Crippen LogP contribution in [0.2, 0.25) is 0 Å². The Morgan fingerprint density at radius 1 is 0.333 bits per heavy atom. The smallest absolute Gasteiger partial charge is 0.143 e. The van der Waals surface area contributed by atoms with Crippen molar-refractivity contribution in [3.8, 4) is 66.8 Å². The second-order valence-corrected chi connectivity index (χ2v) is 24.4. The van der Waals surface area contributed by atoms with Gasteiger partial charge in [0.05, 0.1) is 5.41 Å². The highest BCUT2D eigenvalue weighted by molar-refractivity contribution is 6.22. The summed E-state index contributed by atoms with van der Waals surface area (Å²) in [4.78, 5) is 0. The predicted octanol–water partition coefficient (Wildman–Crippen LogP) is 21.7. The van der Waals surface area contributed by atoms with Gasteiger partial charge in [-0.15, -0.1) is 0 Å². The van der Waals surface area contributed by atoms with Crippen molar-refractivity contribution in [3.05, 3.63) is 270 Å². The Morgan fingerprint density at radius 2 is 0.852 bits per heavy atom. The first-order valence-electron chi connectivity index (χ1n) is 28.7. The highest BCUT2D eigenvalue weighted by Crippen LogP contribution is 2.61. The summed E-state index contributed by atoms with van der Waals surface area (Å²) in [7, 11) is 0. The first-order chi connectivity index (χ1) is 39.5. The number of allylic oxidation sites excluding steroid dienone is 1. The van der Waals surface area contributed by atoms with Gasteiger partial charge in [-0.05, 0) is 158 Å². The lowest BCUT2D eigenvalue weighted by Gasteiger charge is -2.37. The molecular formula is C79H56O2. The molecule has 2 unspecified atom stereocenters. The molecule has 81 heavy (non-hydrogen) atoms. The maximum absolute atomic E-state index is 6.93. The number of furan rings is 2. The van der Waals surface area contributed by atoms with Crippen molar-refractivity contribution in [2.75, 3.05) is 0 Å². The molecule has 17 rings (SSSR count). The molecule has 2 heteroatoms. The zero-order chi connectivity index (χ0) is 54.1. The standard InChI is InChI=1S/C79H56O2/c1-77(2)65-22-11-10-20-61(65)74-68(77)39-37-59-62-43-51(34-40-69(62)80-75(59)74)46-25-29-49(30-26-46)72-56-18-8-9-19-57(56)73(64-45-53(33-36-58(64)72)55-21-14-16-48-15-6-7-17-54(48)55)50-31-27-47(28-32-50)52-35-41-70-63(44-52)60-38-42-71-78(3,4)66-23-12-13-24-67(66)79(71,5)76(60)81-70/h6-45,71H,1-5H3. The van der Waals surface area contributed by atoms with Crippen LogP contribution in [0.1, 0.15) is 68.2 Å². The average Bonchev–Trinajstić information content (AvgIpc) is 4.31. The van der Waals surface area contributed by atoms with Gasteiger partial charge in [0.15, 0.2) is 0 Å². The van der Waals surface area contributed by atoms with Crippen LogP contribution < -0.4 is 0 Å². The molecule has 0 radical (unpaired) electrons. The highest BCUT2D eigenvalue weighted by Gasteiger charge is 2.56. The molecule has 0 fully saturated rings. The third kappa shape index (κ3) is 6.39. The number of hydrogen-bond donors (Lipinski definition) is 0. The summed E-state index contributed by atoms with van der Waals surface area (Å²) in [5, 5.41) is 10.8. The van der Waals surface area contributed by atoms with E-state index in [0.29, 0.717) is 5.92 Å². The molecule has 0 spiro atoms. The summed E-state index contributed by atoms with van der Waals surface area (Å²) < 4.78 is 13.7. The van der Waals surface area contributed by atoms with E-state index in [2.05, 4.69) is 277 Å². The number of hydrogen-bond acceptors (Lipinski definition) is 2. The molecule has 12 aromatic carbocycles. The minimum Gasteiger partial charge on any atom is -0.459 e. The minimum absolute atomic E-state index is 0.00578. The lowest BCUT2D eigenvalue weighted by atomic mass is 9.65. The molecule has 14 aromatic rings. The van der Waals surface area contributed by atoms with E-state index in [9.17, 15) is 0 Å². The topological polar surface area (TPSA) is 26.3 Å². The van der Waals surface area contributed by atoms with Gasteiger partial charge >= 0.3 is 0 Å². The van der Waals surface area contributed by atoms with E-state index in [1.54, 1.807) is 0 Å². The third-order valence-corrected chi connectivity index (χ3v) is 19.6. The van der Waals surface area contributed by atoms with Gasteiger partial charge in [0.2, 0.25) is 0 Å². The zero-order valence-electron chi connectivity index (χ0n) is 46.0. The summed E-state index contributed by atoms with van der Waals surface area (Å²) in [5.74, 6) is 1.38. The van der Waals surface area contributed by atoms with Gasteiger partial charge in [0.25, 0.3) is 0 Å². The summed E-state index contributed by atoms with van der Waals surface area (Å²) in [6, 6.07) is 85.9. The van der Waals surface area contributed by atoms with E-state index >= 15 is 0 Å². The number of benzene rings is 12. The lowest BCUT2D eigenvalue weighted by molar-refractivity contribution is 0.281. The minimum atomic E-state index is -0.247. The molecule has 0 N–H and O–H groups in total. The van der Waals surface area contributed by atoms with Gasteiger partial charge < -0.3 is 8.83 Å². The van der Waals surface area contributed by atoms with Crippen LogP contribution in [0.4, 0.5) is 0 Å². The quantitative estimate of drug-likeness (QED) is 0.161. The van der Waals surface area contributed by atoms with Crippen LogP contribution in [-0.2, 0) is 16.2 Å². The van der Waals surface area contributed by atoms with Crippen LogP contribution in [-0.4, -0.2) is 0 Å². The maximum Gasteiger partial charge on any atom is 0.143 e. The van der Waals surface area contributed by atoms with E-state index < -0.39 is 0 Å². The van der Waals surface area contributed by atoms with E-state index in [-0.39, 0.29) is 16.2 Å².